The largest absolute Gasteiger partial charge is 0.378 e. The first kappa shape index (κ1) is 20.6. The fourth-order valence-electron chi connectivity index (χ4n) is 4.08. The summed E-state index contributed by atoms with van der Waals surface area (Å²) in [7, 11) is 0. The molecular weight excluding hydrogens is 434 g/mol. The topological polar surface area (TPSA) is 61.8 Å². The van der Waals surface area contributed by atoms with E-state index in [1.165, 1.54) is 11.3 Å². The second-order valence-electron chi connectivity index (χ2n) is 7.77. The average Bonchev–Trinajstić information content (AvgIpc) is 3.34. The SMILES string of the molecule is O=C(c1cccs1)N1CCN(Cc2nc(N3CCOCC3)c3ccc(Cl)cc3n2)CC1. The summed E-state index contributed by atoms with van der Waals surface area (Å²) in [6.07, 6.45) is 0. The van der Waals surface area contributed by atoms with Crippen molar-refractivity contribution >= 4 is 45.6 Å². The fourth-order valence-corrected chi connectivity index (χ4v) is 4.94. The third-order valence-electron chi connectivity index (χ3n) is 5.75. The minimum atomic E-state index is 0.126. The number of hydrogen-bond donors (Lipinski definition) is 0. The molecular formula is C22H24ClN5O2S. The molecule has 5 rings (SSSR count). The molecule has 2 aliphatic heterocycles. The van der Waals surface area contributed by atoms with Gasteiger partial charge in [0, 0.05) is 49.7 Å². The van der Waals surface area contributed by atoms with Gasteiger partial charge < -0.3 is 14.5 Å². The Morgan fingerprint density at radius 1 is 1.06 bits per heavy atom. The summed E-state index contributed by atoms with van der Waals surface area (Å²) in [6.45, 7) is 6.74. The zero-order valence-corrected chi connectivity index (χ0v) is 18.7. The summed E-state index contributed by atoms with van der Waals surface area (Å²) < 4.78 is 5.51. The molecule has 0 aliphatic carbocycles. The molecule has 0 N–H and O–H groups in total. The van der Waals surface area contributed by atoms with Crippen LogP contribution in [0.15, 0.2) is 35.7 Å². The zero-order valence-electron chi connectivity index (χ0n) is 17.2. The van der Waals surface area contributed by atoms with Gasteiger partial charge in [0.2, 0.25) is 0 Å². The minimum absolute atomic E-state index is 0.126. The second kappa shape index (κ2) is 9.08. The van der Waals surface area contributed by atoms with Gasteiger partial charge in [0.15, 0.2) is 0 Å². The van der Waals surface area contributed by atoms with Crippen LogP contribution >= 0.6 is 22.9 Å². The van der Waals surface area contributed by atoms with E-state index in [-0.39, 0.29) is 5.91 Å². The molecule has 0 radical (unpaired) electrons. The molecule has 1 amide bonds. The Morgan fingerprint density at radius 3 is 2.61 bits per heavy atom. The van der Waals surface area contributed by atoms with E-state index in [9.17, 15) is 4.79 Å². The molecule has 2 aliphatic rings. The highest BCUT2D eigenvalue weighted by atomic mass is 35.5. The Balaban J connectivity index is 1.33. The zero-order chi connectivity index (χ0) is 21.2. The molecule has 0 saturated carbocycles. The number of hydrogen-bond acceptors (Lipinski definition) is 7. The van der Waals surface area contributed by atoms with E-state index in [4.69, 9.17) is 26.3 Å². The molecule has 2 aromatic heterocycles. The van der Waals surface area contributed by atoms with E-state index in [0.29, 0.717) is 37.9 Å². The van der Waals surface area contributed by atoms with E-state index in [1.54, 1.807) is 0 Å². The van der Waals surface area contributed by atoms with Gasteiger partial charge in [-0.1, -0.05) is 17.7 Å². The molecule has 2 fully saturated rings. The summed E-state index contributed by atoms with van der Waals surface area (Å²) in [5.41, 5.74) is 0.866. The number of benzene rings is 1. The van der Waals surface area contributed by atoms with Crippen LogP contribution in [0, 0.1) is 0 Å². The van der Waals surface area contributed by atoms with Crippen molar-refractivity contribution < 1.29 is 9.53 Å². The van der Waals surface area contributed by atoms with Gasteiger partial charge >= 0.3 is 0 Å². The number of ether oxygens (including phenoxy) is 1. The first-order valence-electron chi connectivity index (χ1n) is 10.5. The maximum absolute atomic E-state index is 12.6. The van der Waals surface area contributed by atoms with Crippen molar-refractivity contribution in [1.29, 1.82) is 0 Å². The molecule has 0 unspecified atom stereocenters. The Hall–Kier alpha value is -2.26. The maximum Gasteiger partial charge on any atom is 0.264 e. The van der Waals surface area contributed by atoms with Crippen molar-refractivity contribution in [3.63, 3.8) is 0 Å². The van der Waals surface area contributed by atoms with Gasteiger partial charge in [-0.25, -0.2) is 9.97 Å². The first-order chi connectivity index (χ1) is 15.2. The molecule has 0 atom stereocenters. The monoisotopic (exact) mass is 457 g/mol. The van der Waals surface area contributed by atoms with Crippen LogP contribution in [0.5, 0.6) is 0 Å². The van der Waals surface area contributed by atoms with E-state index in [2.05, 4.69) is 9.80 Å². The molecule has 0 spiro atoms. The molecule has 162 valence electrons. The lowest BCUT2D eigenvalue weighted by Crippen LogP contribution is -2.48. The summed E-state index contributed by atoms with van der Waals surface area (Å²) >= 11 is 7.74. The van der Waals surface area contributed by atoms with Gasteiger partial charge in [0.1, 0.15) is 11.6 Å². The Morgan fingerprint density at radius 2 is 1.87 bits per heavy atom. The number of thiophene rings is 1. The molecule has 2 saturated heterocycles. The Labute approximate surface area is 190 Å². The van der Waals surface area contributed by atoms with Crippen LogP contribution in [0.25, 0.3) is 10.9 Å². The number of morpholine rings is 1. The predicted octanol–water partition coefficient (Wildman–Crippen LogP) is 3.14. The van der Waals surface area contributed by atoms with Crippen molar-refractivity contribution in [1.82, 2.24) is 19.8 Å². The van der Waals surface area contributed by atoms with Gasteiger partial charge in [-0.3, -0.25) is 9.69 Å². The lowest BCUT2D eigenvalue weighted by atomic mass is 10.2. The number of rotatable bonds is 4. The van der Waals surface area contributed by atoms with Crippen LogP contribution in [-0.2, 0) is 11.3 Å². The van der Waals surface area contributed by atoms with Crippen LogP contribution < -0.4 is 4.90 Å². The van der Waals surface area contributed by atoms with Crippen LogP contribution in [0.4, 0.5) is 5.82 Å². The summed E-state index contributed by atoms with van der Waals surface area (Å²) in [4.78, 5) is 29.6. The van der Waals surface area contributed by atoms with Crippen LogP contribution in [-0.4, -0.2) is 78.2 Å². The summed E-state index contributed by atoms with van der Waals surface area (Å²) in [6, 6.07) is 9.61. The number of anilines is 1. The van der Waals surface area contributed by atoms with Crippen molar-refractivity contribution in [3.05, 3.63) is 51.4 Å². The summed E-state index contributed by atoms with van der Waals surface area (Å²) in [5.74, 6) is 1.86. The Bertz CT molecular complexity index is 1060. The average molecular weight is 458 g/mol. The summed E-state index contributed by atoms with van der Waals surface area (Å²) in [5, 5.41) is 3.63. The standard InChI is InChI=1S/C22H24ClN5O2S/c23-16-3-4-17-18(14-16)24-20(25-21(17)27-9-11-30-12-10-27)15-26-5-7-28(8-6-26)22(29)19-2-1-13-31-19/h1-4,13-14H,5-12,15H2. The Kier molecular flexibility index (Phi) is 6.04. The number of halogens is 1. The van der Waals surface area contributed by atoms with Gasteiger partial charge in [-0.05, 0) is 29.6 Å². The van der Waals surface area contributed by atoms with E-state index in [1.807, 2.05) is 40.6 Å². The highest BCUT2D eigenvalue weighted by Crippen LogP contribution is 2.27. The highest BCUT2D eigenvalue weighted by molar-refractivity contribution is 7.12. The van der Waals surface area contributed by atoms with E-state index < -0.39 is 0 Å². The number of carbonyl (C=O) groups is 1. The van der Waals surface area contributed by atoms with Crippen molar-refractivity contribution in [2.75, 3.05) is 57.4 Å². The van der Waals surface area contributed by atoms with Gasteiger partial charge in [0.05, 0.1) is 30.2 Å². The number of piperazine rings is 1. The van der Waals surface area contributed by atoms with Crippen molar-refractivity contribution in [2.24, 2.45) is 0 Å². The quantitative estimate of drug-likeness (QED) is 0.599. The third kappa shape index (κ3) is 4.52. The highest BCUT2D eigenvalue weighted by Gasteiger charge is 2.24. The van der Waals surface area contributed by atoms with E-state index >= 15 is 0 Å². The number of aromatic nitrogens is 2. The maximum atomic E-state index is 12.6. The molecule has 0 bridgehead atoms. The smallest absolute Gasteiger partial charge is 0.264 e. The van der Waals surface area contributed by atoms with Gasteiger partial charge in [0.25, 0.3) is 5.91 Å². The molecule has 9 heteroatoms. The van der Waals surface area contributed by atoms with Gasteiger partial charge in [-0.2, -0.15) is 0 Å². The normalized spacial score (nSPS) is 18.0. The number of amides is 1. The van der Waals surface area contributed by atoms with Crippen molar-refractivity contribution in [2.45, 2.75) is 6.54 Å². The third-order valence-corrected chi connectivity index (χ3v) is 6.85. The van der Waals surface area contributed by atoms with Crippen LogP contribution in [0.3, 0.4) is 0 Å². The van der Waals surface area contributed by atoms with Crippen LogP contribution in [0.2, 0.25) is 5.02 Å². The minimum Gasteiger partial charge on any atom is -0.378 e. The molecule has 31 heavy (non-hydrogen) atoms. The van der Waals surface area contributed by atoms with Crippen LogP contribution in [0.1, 0.15) is 15.5 Å². The second-order valence-corrected chi connectivity index (χ2v) is 9.15. The van der Waals surface area contributed by atoms with Crippen molar-refractivity contribution in [3.8, 4) is 0 Å². The number of carbonyl (C=O) groups excluding carboxylic acids is 1. The molecule has 4 heterocycles. The number of nitrogens with zero attached hydrogens (tertiary/aromatic N) is 5. The fraction of sp³-hybridized carbons (Fsp3) is 0.409. The first-order valence-corrected chi connectivity index (χ1v) is 11.8. The van der Waals surface area contributed by atoms with E-state index in [0.717, 1.165) is 53.6 Å². The predicted molar refractivity (Wildman–Crippen MR) is 123 cm³/mol. The van der Waals surface area contributed by atoms with Gasteiger partial charge in [-0.15, -0.1) is 11.3 Å². The molecule has 3 aromatic rings. The number of fused-ring (bicyclic) bond motifs is 1. The molecule has 1 aromatic carbocycles. The lowest BCUT2D eigenvalue weighted by Gasteiger charge is -2.34. The lowest BCUT2D eigenvalue weighted by molar-refractivity contribution is 0.0630. The molecule has 7 nitrogen and oxygen atoms in total.